The second-order valence-corrected chi connectivity index (χ2v) is 7.87. The summed E-state index contributed by atoms with van der Waals surface area (Å²) in [5.41, 5.74) is 8.08. The number of carboxylic acid groups (broad SMARTS) is 1. The van der Waals surface area contributed by atoms with Gasteiger partial charge in [0, 0.05) is 18.7 Å². The Morgan fingerprint density at radius 1 is 1.16 bits per heavy atom. The third-order valence-corrected chi connectivity index (χ3v) is 5.76. The van der Waals surface area contributed by atoms with E-state index < -0.39 is 6.09 Å². The Balaban J connectivity index is 1.68. The van der Waals surface area contributed by atoms with Crippen molar-refractivity contribution >= 4 is 29.0 Å². The molecule has 0 saturated carbocycles. The molecule has 0 unspecified atom stereocenters. The van der Waals surface area contributed by atoms with Crippen LogP contribution in [0.1, 0.15) is 16.0 Å². The molecule has 0 spiro atoms. The zero-order valence-corrected chi connectivity index (χ0v) is 18.6. The number of ether oxygens (including phenoxy) is 2. The van der Waals surface area contributed by atoms with E-state index in [1.54, 1.807) is 6.07 Å². The first-order chi connectivity index (χ1) is 15.4. The summed E-state index contributed by atoms with van der Waals surface area (Å²) in [4.78, 5) is 18.3. The second-order valence-electron chi connectivity index (χ2n) is 6.92. The predicted molar refractivity (Wildman–Crippen MR) is 124 cm³/mol. The number of aromatic hydroxyl groups is 1. The van der Waals surface area contributed by atoms with Crippen LogP contribution in [-0.2, 0) is 13.0 Å². The van der Waals surface area contributed by atoms with Crippen LogP contribution >= 0.6 is 11.3 Å². The number of thiophene rings is 1. The third kappa shape index (κ3) is 5.70. The van der Waals surface area contributed by atoms with Crippen molar-refractivity contribution in [3.05, 3.63) is 69.9 Å². The molecular formula is C23H25N3O5S. The van der Waals surface area contributed by atoms with Crippen molar-refractivity contribution in [2.24, 2.45) is 10.7 Å². The fourth-order valence-corrected chi connectivity index (χ4v) is 3.75. The quantitative estimate of drug-likeness (QED) is 0.328. The van der Waals surface area contributed by atoms with Crippen molar-refractivity contribution in [3.8, 4) is 17.2 Å². The van der Waals surface area contributed by atoms with Gasteiger partial charge in [0.2, 0.25) is 0 Å². The molecule has 0 atom stereocenters. The van der Waals surface area contributed by atoms with Crippen molar-refractivity contribution in [3.63, 3.8) is 0 Å². The van der Waals surface area contributed by atoms with Crippen molar-refractivity contribution < 1.29 is 24.5 Å². The summed E-state index contributed by atoms with van der Waals surface area (Å²) in [6, 6.07) is 14.3. The van der Waals surface area contributed by atoms with E-state index in [4.69, 9.17) is 15.2 Å². The third-order valence-electron chi connectivity index (χ3n) is 4.86. The van der Waals surface area contributed by atoms with Crippen LogP contribution in [0.25, 0.3) is 0 Å². The summed E-state index contributed by atoms with van der Waals surface area (Å²) < 4.78 is 10.4. The Morgan fingerprint density at radius 3 is 2.50 bits per heavy atom. The number of phenols is 1. The predicted octanol–water partition coefficient (Wildman–Crippen LogP) is 4.23. The highest BCUT2D eigenvalue weighted by Crippen LogP contribution is 2.34. The maximum atomic E-state index is 11.8. The normalized spacial score (nSPS) is 11.2. The first-order valence-electron chi connectivity index (χ1n) is 9.80. The largest absolute Gasteiger partial charge is 0.507 e. The zero-order chi connectivity index (χ0) is 23.1. The van der Waals surface area contributed by atoms with Crippen LogP contribution in [0.4, 0.5) is 10.5 Å². The Bertz CT molecular complexity index is 1080. The molecular weight excluding hydrogens is 430 g/mol. The molecule has 4 N–H and O–H groups in total. The van der Waals surface area contributed by atoms with Gasteiger partial charge in [0.05, 0.1) is 36.9 Å². The molecule has 0 aliphatic rings. The Labute approximate surface area is 190 Å². The summed E-state index contributed by atoms with van der Waals surface area (Å²) in [6.07, 6.45) is -0.595. The molecule has 0 aliphatic carbocycles. The number of nitrogens with two attached hydrogens (primary N) is 1. The van der Waals surface area contributed by atoms with E-state index in [0.29, 0.717) is 29.3 Å². The highest BCUT2D eigenvalue weighted by atomic mass is 32.1. The van der Waals surface area contributed by atoms with Crippen molar-refractivity contribution in [1.29, 1.82) is 0 Å². The number of benzene rings is 2. The van der Waals surface area contributed by atoms with Crippen LogP contribution < -0.4 is 15.2 Å². The van der Waals surface area contributed by atoms with Crippen LogP contribution in [0.15, 0.2) is 58.9 Å². The molecule has 8 nitrogen and oxygen atoms in total. The van der Waals surface area contributed by atoms with E-state index in [2.05, 4.69) is 4.99 Å². The Morgan fingerprint density at radius 2 is 1.91 bits per heavy atom. The lowest BCUT2D eigenvalue weighted by Gasteiger charge is -2.21. The van der Waals surface area contributed by atoms with Gasteiger partial charge in [-0.3, -0.25) is 0 Å². The van der Waals surface area contributed by atoms with Crippen LogP contribution in [0, 0.1) is 0 Å². The fraction of sp³-hybridized carbons (Fsp3) is 0.217. The van der Waals surface area contributed by atoms with Gasteiger partial charge in [0.15, 0.2) is 0 Å². The van der Waals surface area contributed by atoms with Crippen LogP contribution in [-0.4, -0.2) is 47.8 Å². The SMILES string of the molecule is COc1cc(O)c(CN(CCc2ccc(N=C(N)c3cccs3)cc2)C(=O)O)c(OC)c1. The van der Waals surface area contributed by atoms with Gasteiger partial charge < -0.3 is 30.3 Å². The van der Waals surface area contributed by atoms with Crippen molar-refractivity contribution in [2.45, 2.75) is 13.0 Å². The molecule has 0 bridgehead atoms. The standard InChI is InChI=1S/C23H25N3O5S/c1-30-17-12-19(27)18(20(13-17)31-2)14-26(23(28)29)10-9-15-5-7-16(8-6-15)25-22(24)21-4-3-11-32-21/h3-8,11-13,27H,9-10,14H2,1-2H3,(H2,24,25)(H,28,29). The molecule has 0 aliphatic heterocycles. The number of hydrogen-bond donors (Lipinski definition) is 3. The molecule has 0 fully saturated rings. The summed E-state index contributed by atoms with van der Waals surface area (Å²) in [5.74, 6) is 1.15. The maximum absolute atomic E-state index is 11.8. The lowest BCUT2D eigenvalue weighted by molar-refractivity contribution is 0.142. The molecule has 1 heterocycles. The smallest absolute Gasteiger partial charge is 0.407 e. The first kappa shape index (κ1) is 23.0. The van der Waals surface area contributed by atoms with Crippen LogP contribution in [0.2, 0.25) is 0 Å². The molecule has 1 aromatic heterocycles. The molecule has 0 radical (unpaired) electrons. The van der Waals surface area contributed by atoms with Gasteiger partial charge in [0.25, 0.3) is 0 Å². The van der Waals surface area contributed by atoms with Gasteiger partial charge in [-0.05, 0) is 35.6 Å². The van der Waals surface area contributed by atoms with Gasteiger partial charge in [-0.15, -0.1) is 11.3 Å². The number of amidine groups is 1. The summed E-state index contributed by atoms with van der Waals surface area (Å²) in [5, 5.41) is 21.9. The van der Waals surface area contributed by atoms with E-state index >= 15 is 0 Å². The van der Waals surface area contributed by atoms with Gasteiger partial charge in [0.1, 0.15) is 23.1 Å². The van der Waals surface area contributed by atoms with Gasteiger partial charge in [-0.1, -0.05) is 18.2 Å². The number of rotatable bonds is 9. The average Bonchev–Trinajstić information content (AvgIpc) is 3.33. The molecule has 168 valence electrons. The molecule has 32 heavy (non-hydrogen) atoms. The summed E-state index contributed by atoms with van der Waals surface area (Å²) >= 11 is 1.52. The Hall–Kier alpha value is -3.72. The molecule has 9 heteroatoms. The van der Waals surface area contributed by atoms with E-state index in [1.165, 1.54) is 36.5 Å². The lowest BCUT2D eigenvalue weighted by Crippen LogP contribution is -2.31. The van der Waals surface area contributed by atoms with E-state index in [1.807, 2.05) is 41.8 Å². The molecule has 3 aromatic rings. The molecule has 3 rings (SSSR count). The zero-order valence-electron chi connectivity index (χ0n) is 17.8. The number of methoxy groups -OCH3 is 2. The van der Waals surface area contributed by atoms with Gasteiger partial charge >= 0.3 is 6.09 Å². The van der Waals surface area contributed by atoms with Crippen molar-refractivity contribution in [1.82, 2.24) is 4.90 Å². The van der Waals surface area contributed by atoms with E-state index in [-0.39, 0.29) is 18.8 Å². The summed E-state index contributed by atoms with van der Waals surface area (Å²) in [6.45, 7) is 0.220. The van der Waals surface area contributed by atoms with Gasteiger partial charge in [-0.2, -0.15) is 0 Å². The highest BCUT2D eigenvalue weighted by Gasteiger charge is 2.19. The Kier molecular flexibility index (Phi) is 7.56. The number of hydrogen-bond acceptors (Lipinski definition) is 6. The summed E-state index contributed by atoms with van der Waals surface area (Å²) in [7, 11) is 2.93. The number of amides is 1. The molecule has 2 aromatic carbocycles. The lowest BCUT2D eigenvalue weighted by atomic mass is 10.1. The van der Waals surface area contributed by atoms with E-state index in [9.17, 15) is 15.0 Å². The van der Waals surface area contributed by atoms with Crippen LogP contribution in [0.5, 0.6) is 17.2 Å². The van der Waals surface area contributed by atoms with Crippen molar-refractivity contribution in [2.75, 3.05) is 20.8 Å². The number of aliphatic imine (C=N–C) groups is 1. The monoisotopic (exact) mass is 455 g/mol. The molecule has 1 amide bonds. The van der Waals surface area contributed by atoms with E-state index in [0.717, 1.165) is 16.1 Å². The minimum atomic E-state index is -1.09. The number of carbonyl (C=O) groups is 1. The maximum Gasteiger partial charge on any atom is 0.407 e. The second kappa shape index (κ2) is 10.5. The number of nitrogens with zero attached hydrogens (tertiary/aromatic N) is 2. The van der Waals surface area contributed by atoms with Gasteiger partial charge in [-0.25, -0.2) is 9.79 Å². The average molecular weight is 456 g/mol. The molecule has 0 saturated heterocycles. The first-order valence-corrected chi connectivity index (χ1v) is 10.7. The minimum absolute atomic E-state index is 0.0198. The highest BCUT2D eigenvalue weighted by molar-refractivity contribution is 7.12. The topological polar surface area (TPSA) is 118 Å². The minimum Gasteiger partial charge on any atom is -0.507 e. The van der Waals surface area contributed by atoms with Crippen LogP contribution in [0.3, 0.4) is 0 Å². The number of phenolic OH excluding ortho intramolecular Hbond substituents is 1. The fourth-order valence-electron chi connectivity index (χ4n) is 3.12.